The Kier molecular flexibility index (Phi) is 9.69. The van der Waals surface area contributed by atoms with E-state index in [1.54, 1.807) is 22.3 Å². The molecular formula is C45H46Cl2GeZr. The van der Waals surface area contributed by atoms with Gasteiger partial charge in [0.2, 0.25) is 0 Å². The van der Waals surface area contributed by atoms with Crippen LogP contribution in [-0.2, 0) is 15.7 Å². The number of aryl methyl sites for hydroxylation is 1. The van der Waals surface area contributed by atoms with E-state index in [4.69, 9.17) is 0 Å². The number of hydrogen-bond acceptors (Lipinski definition) is 0. The summed E-state index contributed by atoms with van der Waals surface area (Å²) in [6.45, 7) is 9.69. The Hall–Kier alpha value is -2.67. The summed E-state index contributed by atoms with van der Waals surface area (Å²) < 4.78 is 6.70. The van der Waals surface area contributed by atoms with Crippen LogP contribution < -0.4 is 0 Å². The molecule has 0 nitrogen and oxygen atoms in total. The van der Waals surface area contributed by atoms with Crippen molar-refractivity contribution in [3.8, 4) is 22.3 Å². The maximum atomic E-state index is 2.82. The predicted octanol–water partition coefficient (Wildman–Crippen LogP) is 13.1. The van der Waals surface area contributed by atoms with Crippen LogP contribution in [0.1, 0.15) is 55.8 Å². The molecule has 4 heteroatoms. The van der Waals surface area contributed by atoms with Crippen molar-refractivity contribution in [2.75, 3.05) is 0 Å². The second kappa shape index (κ2) is 13.1. The topological polar surface area (TPSA) is 0 Å². The van der Waals surface area contributed by atoms with Gasteiger partial charge in [0.25, 0.3) is 0 Å². The summed E-state index contributed by atoms with van der Waals surface area (Å²) in [7, 11) is 0. The Labute approximate surface area is 310 Å². The average molecular weight is 822 g/mol. The second-order valence-corrected chi connectivity index (χ2v) is 60.6. The van der Waals surface area contributed by atoms with Gasteiger partial charge in [-0.05, 0) is 0 Å². The molecule has 0 spiro atoms. The van der Waals surface area contributed by atoms with Gasteiger partial charge in [0.15, 0.2) is 0 Å². The molecule has 0 radical (unpaired) electrons. The molecule has 248 valence electrons. The summed E-state index contributed by atoms with van der Waals surface area (Å²) in [5.41, 5.74) is 16.3. The Bertz CT molecular complexity index is 2400. The quantitative estimate of drug-likeness (QED) is 0.152. The predicted molar refractivity (Wildman–Crippen MR) is 220 cm³/mol. The van der Waals surface area contributed by atoms with Crippen LogP contribution >= 0.6 is 24.8 Å². The molecule has 0 fully saturated rings. The third-order valence-electron chi connectivity index (χ3n) is 11.4. The van der Waals surface area contributed by atoms with Crippen molar-refractivity contribution in [1.82, 2.24) is 0 Å². The maximum absolute atomic E-state index is 3.67. The van der Waals surface area contributed by atoms with Crippen LogP contribution in [0.25, 0.3) is 56.0 Å². The van der Waals surface area contributed by atoms with Gasteiger partial charge < -0.3 is 0 Å². The van der Waals surface area contributed by atoms with Gasteiger partial charge in [-0.3, -0.25) is 0 Å². The van der Waals surface area contributed by atoms with Gasteiger partial charge in [0.05, 0.1) is 0 Å². The van der Waals surface area contributed by atoms with Crippen LogP contribution in [0.4, 0.5) is 0 Å². The van der Waals surface area contributed by atoms with Crippen molar-refractivity contribution in [3.63, 3.8) is 0 Å². The number of hydrogen-bond donors (Lipinski definition) is 0. The first kappa shape index (κ1) is 36.1. The second-order valence-electron chi connectivity index (χ2n) is 15.6. The molecule has 0 aliphatic heterocycles. The van der Waals surface area contributed by atoms with Gasteiger partial charge in [0, 0.05) is 0 Å². The van der Waals surface area contributed by atoms with Crippen LogP contribution in [0.5, 0.6) is 0 Å². The molecule has 0 bridgehead atoms. The number of allylic oxidation sites excluding steroid dienone is 2. The number of halogens is 2. The largest absolute Gasteiger partial charge is 0.147 e. The first-order valence-electron chi connectivity index (χ1n) is 17.2. The molecule has 0 N–H and O–H groups in total. The molecule has 0 amide bonds. The zero-order valence-corrected chi connectivity index (χ0v) is 36.4. The van der Waals surface area contributed by atoms with Crippen LogP contribution in [0.2, 0.25) is 9.26 Å². The molecular weight excluding hydrogens is 775 g/mol. The van der Waals surface area contributed by atoms with E-state index >= 15 is 0 Å². The van der Waals surface area contributed by atoms with Gasteiger partial charge in [-0.25, -0.2) is 0 Å². The van der Waals surface area contributed by atoms with E-state index in [9.17, 15) is 0 Å². The molecule has 0 saturated carbocycles. The van der Waals surface area contributed by atoms with Crippen molar-refractivity contribution in [1.29, 1.82) is 0 Å². The van der Waals surface area contributed by atoms with Crippen molar-refractivity contribution in [3.05, 3.63) is 154 Å². The summed E-state index contributed by atoms with van der Waals surface area (Å²) in [5.74, 6) is 0.500. The molecule has 2 aliphatic rings. The molecule has 6 aromatic carbocycles. The van der Waals surface area contributed by atoms with E-state index in [1.807, 2.05) is 0 Å². The van der Waals surface area contributed by atoms with Gasteiger partial charge >= 0.3 is 288 Å². The van der Waals surface area contributed by atoms with E-state index < -0.39 is 15.7 Å². The average Bonchev–Trinajstić information content (AvgIpc) is 3.65. The maximum Gasteiger partial charge on any atom is -0.147 e. The zero-order chi connectivity index (χ0) is 32.7. The SMILES string of the molecule is CC1=Cc2c(-c3cccc4ccccc34)ccc(C)c2[CH]1[Zr]([CH3])([CH3])(=[GeH2])[CH]1C(C(C)C)=Cc2c(-c3cccc4ccccc34)cccc21.Cl.Cl. The standard InChI is InChI=1S/C22H19.C21H17.2CH3.2ClH.GeH2.Zr/c1-15(2)18-13-17-9-6-12-21(22(17)14-18)20-11-5-8-16-7-3-4-10-19(16)20;1-14-12-20-15(2)10-11-19(21(20)13-14)18-9-5-7-16-6-3-4-8-17(16)18;;;;;;/h3-15H,1-2H3;3-13H,1-2H3;2*1H3;2*1H;1H2;. The van der Waals surface area contributed by atoms with E-state index in [2.05, 4.69) is 164 Å². The monoisotopic (exact) mass is 820 g/mol. The Morgan fingerprint density at radius 2 is 1.06 bits per heavy atom. The van der Waals surface area contributed by atoms with Gasteiger partial charge in [-0.15, -0.1) is 24.8 Å². The van der Waals surface area contributed by atoms with Gasteiger partial charge in [-0.1, -0.05) is 0 Å². The number of rotatable bonds is 5. The number of fused-ring (bicyclic) bond motifs is 4. The van der Waals surface area contributed by atoms with Crippen LogP contribution in [-0.4, -0.2) is 12.1 Å². The van der Waals surface area contributed by atoms with Crippen molar-refractivity contribution < 1.29 is 15.7 Å². The fourth-order valence-electron chi connectivity index (χ4n) is 9.59. The minimum Gasteiger partial charge on any atom is -0.147 e. The zero-order valence-electron chi connectivity index (χ0n) is 29.4. The molecule has 2 aliphatic carbocycles. The van der Waals surface area contributed by atoms with Gasteiger partial charge in [0.1, 0.15) is 0 Å². The summed E-state index contributed by atoms with van der Waals surface area (Å²) in [6, 6.07) is 43.4. The number of benzene rings is 6. The minimum atomic E-state index is -3.67. The minimum absolute atomic E-state index is 0. The van der Waals surface area contributed by atoms with E-state index in [1.165, 1.54) is 72.6 Å². The molecule has 49 heavy (non-hydrogen) atoms. The van der Waals surface area contributed by atoms with E-state index in [0.29, 0.717) is 13.2 Å². The molecule has 0 heterocycles. The summed E-state index contributed by atoms with van der Waals surface area (Å²) in [6.07, 6.45) is 5.22. The third-order valence-corrected chi connectivity index (χ3v) is 34.3. The normalized spacial score (nSPS) is 16.9. The summed E-state index contributed by atoms with van der Waals surface area (Å²) in [5, 5.41) is 5.30. The molecule has 6 aromatic rings. The Balaban J connectivity index is 0.00000208. The smallest absolute Gasteiger partial charge is 0.147 e. The Morgan fingerprint density at radius 1 is 0.551 bits per heavy atom. The summed E-state index contributed by atoms with van der Waals surface area (Å²) >= 11 is -2.28. The van der Waals surface area contributed by atoms with E-state index in [0.717, 1.165) is 0 Å². The first-order chi connectivity index (χ1) is 22.5. The van der Waals surface area contributed by atoms with Crippen LogP contribution in [0.3, 0.4) is 0 Å². The molecule has 2 unspecified atom stereocenters. The van der Waals surface area contributed by atoms with E-state index in [-0.39, 0.29) is 24.8 Å². The van der Waals surface area contributed by atoms with Crippen LogP contribution in [0, 0.1) is 12.8 Å². The third kappa shape index (κ3) is 5.69. The fourth-order valence-corrected chi connectivity index (χ4v) is 36.6. The molecule has 8 rings (SSSR count). The van der Waals surface area contributed by atoms with Gasteiger partial charge in [-0.2, -0.15) is 0 Å². The van der Waals surface area contributed by atoms with Crippen LogP contribution in [0.15, 0.2) is 126 Å². The summed E-state index contributed by atoms with van der Waals surface area (Å²) in [4.78, 5) is 0. The molecule has 0 aromatic heterocycles. The van der Waals surface area contributed by atoms with Crippen molar-refractivity contribution >= 4 is 70.7 Å². The fraction of sp³-hybridized carbons (Fsp3) is 0.200. The molecule has 0 saturated heterocycles. The van der Waals surface area contributed by atoms with Crippen molar-refractivity contribution in [2.24, 2.45) is 5.92 Å². The first-order valence-corrected chi connectivity index (χ1v) is 35.5. The Morgan fingerprint density at radius 3 is 1.65 bits per heavy atom. The molecule has 2 atom stereocenters. The van der Waals surface area contributed by atoms with Crippen molar-refractivity contribution in [2.45, 2.75) is 44.2 Å².